The Morgan fingerprint density at radius 1 is 0.703 bits per heavy atom. The van der Waals surface area contributed by atoms with Crippen LogP contribution in [0.1, 0.15) is 31.1 Å². The van der Waals surface area contributed by atoms with Gasteiger partial charge in [0.15, 0.2) is 18.5 Å². The van der Waals surface area contributed by atoms with Crippen LogP contribution in [-0.4, -0.2) is 67.4 Å². The van der Waals surface area contributed by atoms with Crippen LogP contribution in [0.3, 0.4) is 0 Å². The zero-order chi connectivity index (χ0) is 26.2. The van der Waals surface area contributed by atoms with E-state index in [1.165, 1.54) is 7.11 Å². The molecule has 0 spiro atoms. The van der Waals surface area contributed by atoms with Crippen molar-refractivity contribution in [3.8, 4) is 0 Å². The first kappa shape index (κ1) is 26.0. The molecule has 3 unspecified atom stereocenters. The predicted molar refractivity (Wildman–Crippen MR) is 130 cm³/mol. The average Bonchev–Trinajstić information content (AvgIpc) is 2.95. The summed E-state index contributed by atoms with van der Waals surface area (Å²) in [5, 5.41) is 11.1. The molecule has 0 aliphatic carbocycles. The molecule has 3 aromatic rings. The zero-order valence-electron chi connectivity index (χ0n) is 20.0. The van der Waals surface area contributed by atoms with Crippen LogP contribution in [0.2, 0.25) is 0 Å². The Morgan fingerprint density at radius 2 is 1.14 bits per heavy atom. The average molecular weight is 507 g/mol. The molecule has 0 saturated carbocycles. The molecule has 5 atom stereocenters. The second kappa shape index (κ2) is 12.3. The highest BCUT2D eigenvalue weighted by molar-refractivity contribution is 5.90. The number of esters is 3. The summed E-state index contributed by atoms with van der Waals surface area (Å²) >= 11 is 0. The van der Waals surface area contributed by atoms with Gasteiger partial charge in [0.05, 0.1) is 16.7 Å². The predicted octanol–water partition coefficient (Wildman–Crippen LogP) is 3.03. The van der Waals surface area contributed by atoms with Gasteiger partial charge in [0.25, 0.3) is 0 Å². The molecular formula is C28H26O9. The van der Waals surface area contributed by atoms with Gasteiger partial charge < -0.3 is 28.8 Å². The van der Waals surface area contributed by atoms with Gasteiger partial charge in [0, 0.05) is 7.11 Å². The monoisotopic (exact) mass is 506 g/mol. The van der Waals surface area contributed by atoms with Crippen molar-refractivity contribution in [2.45, 2.75) is 30.7 Å². The van der Waals surface area contributed by atoms with Crippen molar-refractivity contribution in [3.05, 3.63) is 108 Å². The molecule has 1 heterocycles. The highest BCUT2D eigenvalue weighted by Gasteiger charge is 2.50. The van der Waals surface area contributed by atoms with Crippen LogP contribution in [0, 0.1) is 0 Å². The van der Waals surface area contributed by atoms with E-state index in [1.807, 2.05) is 0 Å². The van der Waals surface area contributed by atoms with Gasteiger partial charge in [0.2, 0.25) is 0 Å². The van der Waals surface area contributed by atoms with Gasteiger partial charge in [-0.3, -0.25) is 0 Å². The fourth-order valence-corrected chi connectivity index (χ4v) is 3.83. The molecule has 3 aromatic carbocycles. The highest BCUT2D eigenvalue weighted by atomic mass is 16.7. The molecular weight excluding hydrogens is 480 g/mol. The number of ether oxygens (including phenoxy) is 5. The maximum atomic E-state index is 12.9. The molecule has 192 valence electrons. The first-order valence-electron chi connectivity index (χ1n) is 11.6. The molecule has 4 rings (SSSR count). The molecule has 37 heavy (non-hydrogen) atoms. The second-order valence-corrected chi connectivity index (χ2v) is 8.21. The maximum Gasteiger partial charge on any atom is 0.338 e. The van der Waals surface area contributed by atoms with Crippen LogP contribution in [-0.2, 0) is 23.7 Å². The van der Waals surface area contributed by atoms with Gasteiger partial charge >= 0.3 is 17.9 Å². The van der Waals surface area contributed by atoms with Crippen molar-refractivity contribution in [2.75, 3.05) is 13.7 Å². The number of rotatable bonds is 8. The summed E-state index contributed by atoms with van der Waals surface area (Å²) < 4.78 is 27.7. The van der Waals surface area contributed by atoms with Crippen molar-refractivity contribution < 1.29 is 43.2 Å². The molecule has 1 aliphatic heterocycles. The molecule has 1 saturated heterocycles. The van der Waals surface area contributed by atoms with Gasteiger partial charge in [-0.1, -0.05) is 54.6 Å². The summed E-state index contributed by atoms with van der Waals surface area (Å²) in [6.07, 6.45) is -6.60. The Morgan fingerprint density at radius 3 is 1.59 bits per heavy atom. The van der Waals surface area contributed by atoms with Crippen LogP contribution in [0.15, 0.2) is 91.0 Å². The lowest BCUT2D eigenvalue weighted by molar-refractivity contribution is -0.292. The maximum absolute atomic E-state index is 12.9. The molecule has 1 N–H and O–H groups in total. The molecule has 1 aliphatic rings. The molecule has 9 nitrogen and oxygen atoms in total. The number of benzene rings is 3. The Bertz CT molecular complexity index is 1180. The number of aliphatic hydroxyl groups is 1. The lowest BCUT2D eigenvalue weighted by atomic mass is 9.98. The zero-order valence-corrected chi connectivity index (χ0v) is 20.0. The lowest BCUT2D eigenvalue weighted by Gasteiger charge is -2.42. The van der Waals surface area contributed by atoms with Crippen molar-refractivity contribution >= 4 is 17.9 Å². The van der Waals surface area contributed by atoms with E-state index >= 15 is 0 Å². The van der Waals surface area contributed by atoms with Crippen molar-refractivity contribution in [1.29, 1.82) is 0 Å². The summed E-state index contributed by atoms with van der Waals surface area (Å²) in [5.74, 6) is -2.10. The van der Waals surface area contributed by atoms with Crippen LogP contribution >= 0.6 is 0 Å². The summed E-state index contributed by atoms with van der Waals surface area (Å²) in [6.45, 7) is -0.368. The van der Waals surface area contributed by atoms with Gasteiger partial charge in [-0.2, -0.15) is 0 Å². The van der Waals surface area contributed by atoms with E-state index in [-0.39, 0.29) is 17.7 Å². The number of methoxy groups -OCH3 is 1. The Hall–Kier alpha value is -4.05. The third-order valence-corrected chi connectivity index (χ3v) is 5.74. The van der Waals surface area contributed by atoms with E-state index in [9.17, 15) is 19.5 Å². The Labute approximate surface area is 213 Å². The fourth-order valence-electron chi connectivity index (χ4n) is 3.83. The van der Waals surface area contributed by atoms with E-state index in [1.54, 1.807) is 91.0 Å². The van der Waals surface area contributed by atoms with Crippen molar-refractivity contribution in [3.63, 3.8) is 0 Å². The number of hydrogen-bond acceptors (Lipinski definition) is 9. The minimum Gasteiger partial charge on any atom is -0.459 e. The lowest BCUT2D eigenvalue weighted by Crippen LogP contribution is -2.61. The number of aliphatic hydroxyl groups excluding tert-OH is 1. The third kappa shape index (κ3) is 6.39. The molecule has 1 fully saturated rings. The van der Waals surface area contributed by atoms with Crippen LogP contribution in [0.25, 0.3) is 0 Å². The third-order valence-electron chi connectivity index (χ3n) is 5.74. The smallest absolute Gasteiger partial charge is 0.338 e. The minimum atomic E-state index is -1.52. The van der Waals surface area contributed by atoms with E-state index in [4.69, 9.17) is 23.7 Å². The summed E-state index contributed by atoms with van der Waals surface area (Å²) in [6, 6.07) is 24.7. The Kier molecular flexibility index (Phi) is 8.63. The minimum absolute atomic E-state index is 0.232. The van der Waals surface area contributed by atoms with Gasteiger partial charge in [0.1, 0.15) is 18.8 Å². The van der Waals surface area contributed by atoms with Gasteiger partial charge in [-0.05, 0) is 36.4 Å². The molecule has 9 heteroatoms. The summed E-state index contributed by atoms with van der Waals surface area (Å²) in [5.41, 5.74) is 0.798. The number of carbonyl (C=O) groups is 3. The molecule has 0 radical (unpaired) electrons. The molecule has 0 aromatic heterocycles. The fraction of sp³-hybridized carbons (Fsp3) is 0.250. The van der Waals surface area contributed by atoms with Crippen molar-refractivity contribution in [1.82, 2.24) is 0 Å². The normalized spacial score (nSPS) is 23.0. The topological polar surface area (TPSA) is 118 Å². The standard InChI is InChI=1S/C28H26O9/c1-33-28-24(37-27(32)20-15-9-4-10-16-20)23(36-26(31)19-13-7-3-8-14-19)22(29)21(35-28)17-34-25(30)18-11-5-2-6-12-18/h2-16,21-24,28-29H,17H2,1H3/t21?,22-,23?,24?,28+/m0/s1. The number of hydrogen-bond donors (Lipinski definition) is 1. The highest BCUT2D eigenvalue weighted by Crippen LogP contribution is 2.28. The van der Waals surface area contributed by atoms with Crippen LogP contribution in [0.5, 0.6) is 0 Å². The molecule has 0 bridgehead atoms. The first-order chi connectivity index (χ1) is 18.0. The summed E-state index contributed by atoms with van der Waals surface area (Å²) in [4.78, 5) is 38.1. The van der Waals surface area contributed by atoms with Crippen molar-refractivity contribution in [2.24, 2.45) is 0 Å². The van der Waals surface area contributed by atoms with E-state index in [0.29, 0.717) is 5.56 Å². The number of carbonyl (C=O) groups excluding carboxylic acids is 3. The molecule has 0 amide bonds. The van der Waals surface area contributed by atoms with Crippen LogP contribution in [0.4, 0.5) is 0 Å². The largest absolute Gasteiger partial charge is 0.459 e. The van der Waals surface area contributed by atoms with Gasteiger partial charge in [-0.15, -0.1) is 0 Å². The second-order valence-electron chi connectivity index (χ2n) is 8.21. The first-order valence-corrected chi connectivity index (χ1v) is 11.6. The quantitative estimate of drug-likeness (QED) is 0.363. The van der Waals surface area contributed by atoms with Crippen LogP contribution < -0.4 is 0 Å². The summed E-state index contributed by atoms with van der Waals surface area (Å²) in [7, 11) is 1.31. The van der Waals surface area contributed by atoms with E-state index in [2.05, 4.69) is 0 Å². The van der Waals surface area contributed by atoms with Gasteiger partial charge in [-0.25, -0.2) is 14.4 Å². The van der Waals surface area contributed by atoms with E-state index < -0.39 is 48.6 Å². The van der Waals surface area contributed by atoms with E-state index in [0.717, 1.165) is 0 Å². The SMILES string of the molecule is CO[C@@H]1OC(COC(=O)c2ccccc2)[C@H](O)C(OC(=O)c2ccccc2)C1OC(=O)c1ccccc1. The Balaban J connectivity index is 1.55.